The van der Waals surface area contributed by atoms with Crippen molar-refractivity contribution in [1.82, 2.24) is 15.5 Å². The lowest BCUT2D eigenvalue weighted by molar-refractivity contribution is -0.148. The number of piperazine rings is 1. The molecular weight excluding hydrogens is 432 g/mol. The van der Waals surface area contributed by atoms with Gasteiger partial charge in [0.05, 0.1) is 24.9 Å². The van der Waals surface area contributed by atoms with Gasteiger partial charge in [-0.2, -0.15) is 0 Å². The van der Waals surface area contributed by atoms with E-state index in [9.17, 15) is 14.4 Å². The van der Waals surface area contributed by atoms with E-state index in [1.807, 2.05) is 72.8 Å². The van der Waals surface area contributed by atoms with E-state index in [0.29, 0.717) is 18.7 Å². The predicted octanol–water partition coefficient (Wildman–Crippen LogP) is 2.65. The van der Waals surface area contributed by atoms with E-state index in [1.165, 1.54) is 0 Å². The van der Waals surface area contributed by atoms with Gasteiger partial charge in [-0.1, -0.05) is 66.7 Å². The van der Waals surface area contributed by atoms with Gasteiger partial charge in [0, 0.05) is 11.9 Å². The minimum absolute atomic E-state index is 0.0996. The highest BCUT2D eigenvalue weighted by molar-refractivity contribution is 6.02. The highest BCUT2D eigenvalue weighted by Gasteiger charge is 2.46. The van der Waals surface area contributed by atoms with Crippen LogP contribution >= 0.6 is 0 Å². The molecule has 8 nitrogen and oxygen atoms in total. The molecule has 0 radical (unpaired) electrons. The molecule has 3 atom stereocenters. The van der Waals surface area contributed by atoms with E-state index in [1.54, 1.807) is 4.90 Å². The van der Waals surface area contributed by atoms with Gasteiger partial charge < -0.3 is 25.6 Å². The van der Waals surface area contributed by atoms with Crippen molar-refractivity contribution in [3.63, 3.8) is 0 Å². The van der Waals surface area contributed by atoms with E-state index in [-0.39, 0.29) is 37.0 Å². The van der Waals surface area contributed by atoms with Crippen LogP contribution in [0.4, 0.5) is 10.5 Å². The standard InChI is InChI=1S/C26H26N4O4/c31-24-23-13-19(27-26(33)29-21-12-6-10-18-9-4-5-11-20(18)21)14-30(23)25(32)22(28-24)16-34-15-17-7-2-1-3-8-17/h1-12,19,22-23H,13-16H2,(H,28,31)(H2,27,29,33)/t19-,22-,23-/m0/s1. The number of hydrogen-bond donors (Lipinski definition) is 3. The van der Waals surface area contributed by atoms with Gasteiger partial charge in [0.25, 0.3) is 0 Å². The summed E-state index contributed by atoms with van der Waals surface area (Å²) in [7, 11) is 0. The number of anilines is 1. The number of fused-ring (bicyclic) bond motifs is 2. The van der Waals surface area contributed by atoms with Crippen molar-refractivity contribution in [1.29, 1.82) is 0 Å². The number of rotatable bonds is 6. The summed E-state index contributed by atoms with van der Waals surface area (Å²) >= 11 is 0. The molecule has 0 aliphatic carbocycles. The van der Waals surface area contributed by atoms with Gasteiger partial charge >= 0.3 is 6.03 Å². The van der Waals surface area contributed by atoms with Crippen LogP contribution in [0, 0.1) is 0 Å². The zero-order valence-electron chi connectivity index (χ0n) is 18.6. The number of amides is 4. The average molecular weight is 459 g/mol. The van der Waals surface area contributed by atoms with Crippen LogP contribution in [0.15, 0.2) is 72.8 Å². The Hall–Kier alpha value is -3.91. The molecule has 34 heavy (non-hydrogen) atoms. The summed E-state index contributed by atoms with van der Waals surface area (Å²) in [5, 5.41) is 10.6. The first-order valence-electron chi connectivity index (χ1n) is 11.4. The Balaban J connectivity index is 1.17. The van der Waals surface area contributed by atoms with Crippen molar-refractivity contribution in [2.24, 2.45) is 0 Å². The maximum absolute atomic E-state index is 13.0. The van der Waals surface area contributed by atoms with Gasteiger partial charge in [-0.3, -0.25) is 9.59 Å². The second kappa shape index (κ2) is 9.52. The number of urea groups is 1. The molecule has 2 aliphatic heterocycles. The van der Waals surface area contributed by atoms with Crippen LogP contribution in [0.1, 0.15) is 12.0 Å². The Kier molecular flexibility index (Phi) is 6.14. The van der Waals surface area contributed by atoms with Crippen LogP contribution in [0.3, 0.4) is 0 Å². The van der Waals surface area contributed by atoms with Crippen molar-refractivity contribution in [2.75, 3.05) is 18.5 Å². The fraction of sp³-hybridized carbons (Fsp3) is 0.269. The fourth-order valence-electron chi connectivity index (χ4n) is 4.62. The first kappa shape index (κ1) is 21.9. The Labute approximate surface area is 197 Å². The molecular formula is C26H26N4O4. The number of carbonyl (C=O) groups is 3. The normalized spacial score (nSPS) is 21.8. The maximum atomic E-state index is 13.0. The van der Waals surface area contributed by atoms with Crippen molar-refractivity contribution >= 4 is 34.3 Å². The number of nitrogens with one attached hydrogen (secondary N) is 3. The topological polar surface area (TPSA) is 99.8 Å². The number of benzene rings is 3. The predicted molar refractivity (Wildman–Crippen MR) is 128 cm³/mol. The lowest BCUT2D eigenvalue weighted by Gasteiger charge is -2.34. The van der Waals surface area contributed by atoms with E-state index >= 15 is 0 Å². The minimum atomic E-state index is -0.726. The molecule has 2 aliphatic rings. The monoisotopic (exact) mass is 458 g/mol. The number of ether oxygens (including phenoxy) is 1. The molecule has 0 aromatic heterocycles. The smallest absolute Gasteiger partial charge is 0.319 e. The molecule has 5 rings (SSSR count). The largest absolute Gasteiger partial charge is 0.374 e. The van der Waals surface area contributed by atoms with Gasteiger partial charge in [0.2, 0.25) is 11.8 Å². The summed E-state index contributed by atoms with van der Waals surface area (Å²) in [4.78, 5) is 39.8. The second-order valence-electron chi connectivity index (χ2n) is 8.63. The third kappa shape index (κ3) is 4.58. The number of hydrogen-bond acceptors (Lipinski definition) is 4. The zero-order valence-corrected chi connectivity index (χ0v) is 18.6. The Morgan fingerprint density at radius 1 is 1.00 bits per heavy atom. The molecule has 0 bridgehead atoms. The van der Waals surface area contributed by atoms with Crippen molar-refractivity contribution in [3.05, 3.63) is 78.4 Å². The zero-order chi connectivity index (χ0) is 23.5. The molecule has 3 aromatic carbocycles. The van der Waals surface area contributed by atoms with Gasteiger partial charge in [0.15, 0.2) is 0 Å². The summed E-state index contributed by atoms with van der Waals surface area (Å²) in [6, 6.07) is 21.2. The van der Waals surface area contributed by atoms with Crippen molar-refractivity contribution in [2.45, 2.75) is 31.2 Å². The molecule has 8 heteroatoms. The lowest BCUT2D eigenvalue weighted by atomic mass is 10.1. The molecule has 3 aromatic rings. The van der Waals surface area contributed by atoms with Gasteiger partial charge in [0.1, 0.15) is 12.1 Å². The van der Waals surface area contributed by atoms with Gasteiger partial charge in [-0.25, -0.2) is 4.79 Å². The van der Waals surface area contributed by atoms with Crippen LogP contribution in [0.5, 0.6) is 0 Å². The van der Waals surface area contributed by atoms with E-state index in [2.05, 4.69) is 16.0 Å². The maximum Gasteiger partial charge on any atom is 0.319 e. The summed E-state index contributed by atoms with van der Waals surface area (Å²) in [6.07, 6.45) is 0.373. The Bertz CT molecular complexity index is 1210. The first-order chi connectivity index (χ1) is 16.6. The lowest BCUT2D eigenvalue weighted by Crippen LogP contribution is -2.62. The quantitative estimate of drug-likeness (QED) is 0.529. The molecule has 2 fully saturated rings. The highest BCUT2D eigenvalue weighted by Crippen LogP contribution is 2.25. The molecule has 0 spiro atoms. The average Bonchev–Trinajstić information content (AvgIpc) is 3.27. The summed E-state index contributed by atoms with van der Waals surface area (Å²) in [5.41, 5.74) is 1.70. The third-order valence-electron chi connectivity index (χ3n) is 6.27. The van der Waals surface area contributed by atoms with Gasteiger partial charge in [-0.15, -0.1) is 0 Å². The van der Waals surface area contributed by atoms with Crippen LogP contribution < -0.4 is 16.0 Å². The molecule has 174 valence electrons. The Morgan fingerprint density at radius 2 is 1.76 bits per heavy atom. The third-order valence-corrected chi connectivity index (χ3v) is 6.27. The summed E-state index contributed by atoms with van der Waals surface area (Å²) in [5.74, 6) is -0.400. The van der Waals surface area contributed by atoms with Gasteiger partial charge in [-0.05, 0) is 23.4 Å². The number of carbonyl (C=O) groups excluding carboxylic acids is 3. The minimum Gasteiger partial charge on any atom is -0.374 e. The van der Waals surface area contributed by atoms with E-state index < -0.39 is 12.1 Å². The highest BCUT2D eigenvalue weighted by atomic mass is 16.5. The molecule has 0 saturated carbocycles. The molecule has 4 amide bonds. The van der Waals surface area contributed by atoms with Crippen molar-refractivity contribution < 1.29 is 19.1 Å². The summed E-state index contributed by atoms with van der Waals surface area (Å²) in [6.45, 7) is 0.750. The van der Waals surface area contributed by atoms with Crippen LogP contribution in [-0.2, 0) is 20.9 Å². The molecule has 3 N–H and O–H groups in total. The molecule has 2 heterocycles. The number of nitrogens with zero attached hydrogens (tertiary/aromatic N) is 1. The van der Waals surface area contributed by atoms with Crippen LogP contribution in [0.25, 0.3) is 10.8 Å². The van der Waals surface area contributed by atoms with Crippen LogP contribution in [-0.4, -0.2) is 54.0 Å². The Morgan fingerprint density at radius 3 is 2.62 bits per heavy atom. The fourth-order valence-corrected chi connectivity index (χ4v) is 4.62. The van der Waals surface area contributed by atoms with E-state index in [4.69, 9.17) is 4.74 Å². The SMILES string of the molecule is O=C(Nc1cccc2ccccc12)N[C@H]1C[C@H]2C(=O)N[C@@H](COCc3ccccc3)C(=O)N2C1. The molecule has 2 saturated heterocycles. The van der Waals surface area contributed by atoms with Crippen LogP contribution in [0.2, 0.25) is 0 Å². The first-order valence-corrected chi connectivity index (χ1v) is 11.4. The van der Waals surface area contributed by atoms with Crippen molar-refractivity contribution in [3.8, 4) is 0 Å². The second-order valence-corrected chi connectivity index (χ2v) is 8.63. The van der Waals surface area contributed by atoms with E-state index in [0.717, 1.165) is 16.3 Å². The molecule has 0 unspecified atom stereocenters. The summed E-state index contributed by atoms with van der Waals surface area (Å²) < 4.78 is 5.68.